The topological polar surface area (TPSA) is 26.3 Å². The van der Waals surface area contributed by atoms with E-state index in [1.165, 1.54) is 0 Å². The second kappa shape index (κ2) is 4.27. The molecule has 0 aromatic rings. The third-order valence-corrected chi connectivity index (χ3v) is 1.52. The fourth-order valence-corrected chi connectivity index (χ4v) is 0.407. The van der Waals surface area contributed by atoms with Crippen LogP contribution in [0.5, 0.6) is 0 Å². The second-order valence-electron chi connectivity index (χ2n) is 3.48. The number of Topliss-reactive ketones (excluding diaryl/α,β-unsaturated/α-hetero) is 1. The van der Waals surface area contributed by atoms with Crippen molar-refractivity contribution in [3.63, 3.8) is 0 Å². The fraction of sp³-hybridized carbons (Fsp3) is 0.700. The molecule has 0 fully saturated rings. The van der Waals surface area contributed by atoms with E-state index in [4.69, 9.17) is 4.74 Å². The van der Waals surface area contributed by atoms with Gasteiger partial charge in [0.15, 0.2) is 0 Å². The molecule has 0 saturated heterocycles. The molecule has 0 spiro atoms. The average molecular weight is 168 g/mol. The van der Waals surface area contributed by atoms with Crippen LogP contribution in [-0.2, 0) is 9.53 Å². The van der Waals surface area contributed by atoms with Crippen molar-refractivity contribution in [2.75, 3.05) is 7.11 Å². The maximum atomic E-state index is 11.1. The highest BCUT2D eigenvalue weighted by Crippen LogP contribution is 2.04. The van der Waals surface area contributed by atoms with Crippen molar-refractivity contribution >= 4 is 5.78 Å². The maximum absolute atomic E-state index is 11.1. The van der Waals surface area contributed by atoms with Crippen LogP contribution in [0.3, 0.4) is 0 Å². The molecule has 0 radical (unpaired) electrons. The first-order chi connectivity index (χ1) is 5.39. The van der Waals surface area contributed by atoms with Crippen LogP contribution in [0.1, 0.15) is 27.7 Å². The molecule has 2 heteroatoms. The Morgan fingerprint density at radius 2 is 1.92 bits per heavy atom. The zero-order chi connectivity index (χ0) is 9.78. The van der Waals surface area contributed by atoms with E-state index in [0.717, 1.165) is 0 Å². The Hall–Kier alpha value is -0.810. The molecule has 2 nitrogen and oxygen atoms in total. The van der Waals surface area contributed by atoms with Crippen molar-refractivity contribution in [2.24, 2.45) is 5.92 Å². The zero-order valence-electron chi connectivity index (χ0n) is 8.39. The van der Waals surface area contributed by atoms with Crippen molar-refractivity contribution in [2.45, 2.75) is 33.3 Å². The van der Waals surface area contributed by atoms with Crippen molar-refractivity contribution in [3.05, 3.63) is 0 Å². The summed E-state index contributed by atoms with van der Waals surface area (Å²) in [7, 11) is 1.58. The molecule has 0 heterocycles. The molecule has 12 heavy (non-hydrogen) atoms. The van der Waals surface area contributed by atoms with Crippen LogP contribution in [0.4, 0.5) is 0 Å². The van der Waals surface area contributed by atoms with Gasteiger partial charge >= 0.3 is 0 Å². The molecule has 0 aliphatic rings. The molecule has 0 atom stereocenters. The van der Waals surface area contributed by atoms with Crippen molar-refractivity contribution in [1.82, 2.24) is 0 Å². The smallest absolute Gasteiger partial charge is 0.208 e. The molecule has 0 unspecified atom stereocenters. The summed E-state index contributed by atoms with van der Waals surface area (Å²) < 4.78 is 5.04. The predicted octanol–water partition coefficient (Wildman–Crippen LogP) is 1.64. The summed E-state index contributed by atoms with van der Waals surface area (Å²) in [6, 6.07) is 0. The van der Waals surface area contributed by atoms with E-state index in [2.05, 4.69) is 11.8 Å². The van der Waals surface area contributed by atoms with Gasteiger partial charge in [-0.05, 0) is 19.8 Å². The van der Waals surface area contributed by atoms with E-state index in [9.17, 15) is 4.79 Å². The monoisotopic (exact) mass is 168 g/mol. The molecule has 0 aliphatic carbocycles. The average Bonchev–Trinajstić information content (AvgIpc) is 2.00. The second-order valence-corrected chi connectivity index (χ2v) is 3.48. The van der Waals surface area contributed by atoms with Gasteiger partial charge in [-0.15, -0.1) is 0 Å². The summed E-state index contributed by atoms with van der Waals surface area (Å²) in [5.41, 5.74) is -0.523. The first-order valence-corrected chi connectivity index (χ1v) is 4.01. The molecule has 0 N–H and O–H groups in total. The number of rotatable bonds is 2. The van der Waals surface area contributed by atoms with Gasteiger partial charge in [-0.25, -0.2) is 0 Å². The summed E-state index contributed by atoms with van der Waals surface area (Å²) in [6.45, 7) is 7.31. The SMILES string of the molecule is COC(C)(C)C#CC(=O)C(C)C. The van der Waals surface area contributed by atoms with E-state index in [1.54, 1.807) is 7.11 Å². The predicted molar refractivity (Wildman–Crippen MR) is 48.7 cm³/mol. The Morgan fingerprint density at radius 1 is 1.42 bits per heavy atom. The standard InChI is InChI=1S/C10H16O2/c1-8(2)9(11)6-7-10(3,4)12-5/h8H,1-5H3. The minimum atomic E-state index is -0.523. The number of methoxy groups -OCH3 is 1. The van der Waals surface area contributed by atoms with Crippen LogP contribution in [0, 0.1) is 17.8 Å². The number of hydrogen-bond donors (Lipinski definition) is 0. The minimum absolute atomic E-state index is 0.0230. The van der Waals surface area contributed by atoms with Crippen molar-refractivity contribution in [3.8, 4) is 11.8 Å². The lowest BCUT2D eigenvalue weighted by atomic mass is 10.1. The highest BCUT2D eigenvalue weighted by atomic mass is 16.5. The molecule has 0 aliphatic heterocycles. The first-order valence-electron chi connectivity index (χ1n) is 4.01. The molecule has 68 valence electrons. The highest BCUT2D eigenvalue weighted by molar-refractivity contribution is 5.96. The molecule has 0 rings (SSSR count). The molecule has 0 amide bonds. The van der Waals surface area contributed by atoms with Gasteiger partial charge in [-0.1, -0.05) is 19.8 Å². The van der Waals surface area contributed by atoms with Gasteiger partial charge in [0.2, 0.25) is 5.78 Å². The summed E-state index contributed by atoms with van der Waals surface area (Å²) >= 11 is 0. The van der Waals surface area contributed by atoms with E-state index in [-0.39, 0.29) is 11.7 Å². The van der Waals surface area contributed by atoms with Crippen LogP contribution >= 0.6 is 0 Å². The summed E-state index contributed by atoms with van der Waals surface area (Å²) in [5.74, 6) is 5.26. The number of carbonyl (C=O) groups is 1. The van der Waals surface area contributed by atoms with Crippen LogP contribution in [-0.4, -0.2) is 18.5 Å². The summed E-state index contributed by atoms with van der Waals surface area (Å²) in [6.07, 6.45) is 0. The van der Waals surface area contributed by atoms with Gasteiger partial charge in [0.1, 0.15) is 5.60 Å². The number of carbonyl (C=O) groups excluding carboxylic acids is 1. The van der Waals surface area contributed by atoms with Gasteiger partial charge in [0.05, 0.1) is 0 Å². The fourth-order valence-electron chi connectivity index (χ4n) is 0.407. The van der Waals surface area contributed by atoms with Gasteiger partial charge in [0, 0.05) is 13.0 Å². The minimum Gasteiger partial charge on any atom is -0.366 e. The van der Waals surface area contributed by atoms with Crippen LogP contribution in [0.25, 0.3) is 0 Å². The van der Waals surface area contributed by atoms with E-state index in [1.807, 2.05) is 27.7 Å². The molecule has 0 aromatic heterocycles. The molecule has 0 bridgehead atoms. The molecular weight excluding hydrogens is 152 g/mol. The van der Waals surface area contributed by atoms with Crippen LogP contribution < -0.4 is 0 Å². The third kappa shape index (κ3) is 4.15. The molecule has 0 aromatic carbocycles. The van der Waals surface area contributed by atoms with Gasteiger partial charge in [-0.2, -0.15) is 0 Å². The van der Waals surface area contributed by atoms with Gasteiger partial charge in [0.25, 0.3) is 0 Å². The first kappa shape index (κ1) is 11.2. The lowest BCUT2D eigenvalue weighted by Crippen LogP contribution is -2.20. The molecular formula is C10H16O2. The molecule has 0 saturated carbocycles. The van der Waals surface area contributed by atoms with E-state index < -0.39 is 5.60 Å². The van der Waals surface area contributed by atoms with E-state index in [0.29, 0.717) is 0 Å². The highest BCUT2D eigenvalue weighted by Gasteiger charge is 2.12. The van der Waals surface area contributed by atoms with E-state index >= 15 is 0 Å². The Morgan fingerprint density at radius 3 is 2.25 bits per heavy atom. The van der Waals surface area contributed by atoms with Crippen molar-refractivity contribution in [1.29, 1.82) is 0 Å². The Balaban J connectivity index is 4.31. The Bertz CT molecular complexity index is 216. The van der Waals surface area contributed by atoms with Crippen LogP contribution in [0.2, 0.25) is 0 Å². The largest absolute Gasteiger partial charge is 0.366 e. The number of ether oxygens (including phenoxy) is 1. The lowest BCUT2D eigenvalue weighted by Gasteiger charge is -2.14. The summed E-state index contributed by atoms with van der Waals surface area (Å²) in [4.78, 5) is 11.1. The third-order valence-electron chi connectivity index (χ3n) is 1.52. The van der Waals surface area contributed by atoms with Gasteiger partial charge in [-0.3, -0.25) is 4.79 Å². The summed E-state index contributed by atoms with van der Waals surface area (Å²) in [5, 5.41) is 0. The Labute approximate surface area is 74.3 Å². The normalized spacial score (nSPS) is 10.8. The zero-order valence-corrected chi connectivity index (χ0v) is 8.39. The number of ketones is 1. The quantitative estimate of drug-likeness (QED) is 0.463. The lowest BCUT2D eigenvalue weighted by molar-refractivity contribution is -0.116. The Kier molecular flexibility index (Phi) is 3.99. The number of hydrogen-bond acceptors (Lipinski definition) is 2. The van der Waals surface area contributed by atoms with Gasteiger partial charge < -0.3 is 4.74 Å². The van der Waals surface area contributed by atoms with Crippen LogP contribution in [0.15, 0.2) is 0 Å². The maximum Gasteiger partial charge on any atom is 0.208 e. The van der Waals surface area contributed by atoms with Crippen molar-refractivity contribution < 1.29 is 9.53 Å².